The molecule has 1 atom stereocenters. The van der Waals surface area contributed by atoms with Crippen LogP contribution in [0, 0.1) is 11.3 Å². The summed E-state index contributed by atoms with van der Waals surface area (Å²) in [5.74, 6) is 0.00503. The van der Waals surface area contributed by atoms with Crippen molar-refractivity contribution < 1.29 is 72.4 Å². The van der Waals surface area contributed by atoms with Crippen molar-refractivity contribution in [3.63, 3.8) is 0 Å². The Balaban J connectivity index is 0.00000348. The van der Waals surface area contributed by atoms with Crippen LogP contribution in [0.2, 0.25) is 0 Å². The average Bonchev–Trinajstić information content (AvgIpc) is 3.67. The summed E-state index contributed by atoms with van der Waals surface area (Å²) in [6.45, 7) is 21.6. The minimum absolute atomic E-state index is 0. The molecule has 0 aliphatic heterocycles. The summed E-state index contributed by atoms with van der Waals surface area (Å²) < 4.78 is 89.6. The zero-order valence-electron chi connectivity index (χ0n) is 33.7. The summed E-state index contributed by atoms with van der Waals surface area (Å²) in [6, 6.07) is 21.7. The van der Waals surface area contributed by atoms with Gasteiger partial charge < -0.3 is 24.8 Å². The molecule has 9 heteroatoms. The molecular formula is C47H50Cl2F6Zr. The fraction of sp³-hybridized carbons (Fsp3) is 0.383. The van der Waals surface area contributed by atoms with Crippen molar-refractivity contribution in [1.82, 2.24) is 0 Å². The number of rotatable bonds is 5. The fourth-order valence-electron chi connectivity index (χ4n) is 7.68. The van der Waals surface area contributed by atoms with Crippen molar-refractivity contribution in [3.05, 3.63) is 144 Å². The Hall–Kier alpha value is -2.73. The second-order valence-electron chi connectivity index (χ2n) is 18.0. The van der Waals surface area contributed by atoms with E-state index in [1.165, 1.54) is 26.5 Å². The van der Waals surface area contributed by atoms with Gasteiger partial charge in [-0.15, -0.1) is 0 Å². The van der Waals surface area contributed by atoms with E-state index in [0.717, 1.165) is 61.8 Å². The van der Waals surface area contributed by atoms with Crippen LogP contribution in [0.5, 0.6) is 0 Å². The van der Waals surface area contributed by atoms with Crippen LogP contribution in [-0.2, 0) is 50.9 Å². The van der Waals surface area contributed by atoms with Crippen LogP contribution in [0.25, 0.3) is 11.1 Å². The zero-order valence-corrected chi connectivity index (χ0v) is 37.6. The van der Waals surface area contributed by atoms with E-state index in [1.54, 1.807) is 12.1 Å². The summed E-state index contributed by atoms with van der Waals surface area (Å²) in [7, 11) is 0. The molecule has 0 N–H and O–H groups in total. The van der Waals surface area contributed by atoms with Gasteiger partial charge >= 0.3 is 326 Å². The number of allylic oxidation sites excluding steroid dienone is 4. The summed E-state index contributed by atoms with van der Waals surface area (Å²) >= 11 is -3.80. The maximum atomic E-state index is 14.4. The second-order valence-corrected chi connectivity index (χ2v) is 23.8. The molecule has 0 radical (unpaired) electrons. The third-order valence-corrected chi connectivity index (χ3v) is 18.7. The van der Waals surface area contributed by atoms with Gasteiger partial charge in [-0.05, 0) is 0 Å². The van der Waals surface area contributed by atoms with Crippen LogP contribution in [-0.4, -0.2) is 3.21 Å². The monoisotopic (exact) mass is 888 g/mol. The van der Waals surface area contributed by atoms with Crippen LogP contribution in [0.15, 0.2) is 99.9 Å². The van der Waals surface area contributed by atoms with Crippen molar-refractivity contribution in [2.24, 2.45) is 11.3 Å². The molecule has 0 bridgehead atoms. The van der Waals surface area contributed by atoms with Crippen molar-refractivity contribution in [1.29, 1.82) is 0 Å². The van der Waals surface area contributed by atoms with Crippen molar-refractivity contribution in [2.45, 2.75) is 105 Å². The summed E-state index contributed by atoms with van der Waals surface area (Å²) in [5.41, 5.74) is 6.54. The van der Waals surface area contributed by atoms with Gasteiger partial charge in [-0.3, -0.25) is 0 Å². The maximum absolute atomic E-state index is 14.4. The number of halogens is 8. The first kappa shape index (κ1) is 46.0. The predicted molar refractivity (Wildman–Crippen MR) is 207 cm³/mol. The Morgan fingerprint density at radius 1 is 0.607 bits per heavy atom. The first-order chi connectivity index (χ1) is 24.9. The molecule has 2 aliphatic rings. The normalized spacial score (nSPS) is 15.4. The predicted octanol–water partition coefficient (Wildman–Crippen LogP) is 7.31. The number of benzene rings is 4. The Kier molecular flexibility index (Phi) is 13.2. The molecule has 1 unspecified atom stereocenters. The minimum Gasteiger partial charge on any atom is -1.00 e. The second kappa shape index (κ2) is 16.1. The molecule has 0 amide bonds. The Labute approximate surface area is 348 Å². The van der Waals surface area contributed by atoms with Gasteiger partial charge in [0.15, 0.2) is 0 Å². The molecule has 0 saturated heterocycles. The summed E-state index contributed by atoms with van der Waals surface area (Å²) in [4.78, 5) is 0. The number of alkyl halides is 6. The molecule has 2 aliphatic carbocycles. The minimum atomic E-state index is -4.63. The number of hydrogen-bond acceptors (Lipinski definition) is 0. The maximum Gasteiger partial charge on any atom is -1.00 e. The molecule has 4 aromatic carbocycles. The largest absolute Gasteiger partial charge is 1.00 e. The first-order valence-corrected chi connectivity index (χ1v) is 22.4. The van der Waals surface area contributed by atoms with E-state index in [-0.39, 0.29) is 47.0 Å². The van der Waals surface area contributed by atoms with E-state index in [2.05, 4.69) is 112 Å². The molecule has 0 aromatic heterocycles. The van der Waals surface area contributed by atoms with Gasteiger partial charge in [0, 0.05) is 0 Å². The van der Waals surface area contributed by atoms with Crippen LogP contribution in [0.3, 0.4) is 0 Å². The third-order valence-electron chi connectivity index (χ3n) is 10.9. The topological polar surface area (TPSA) is 0 Å². The Morgan fingerprint density at radius 3 is 1.59 bits per heavy atom. The van der Waals surface area contributed by atoms with E-state index in [9.17, 15) is 26.3 Å². The van der Waals surface area contributed by atoms with Gasteiger partial charge in [0.05, 0.1) is 0 Å². The summed E-state index contributed by atoms with van der Waals surface area (Å²) in [5, 5.41) is 0. The van der Waals surface area contributed by atoms with Gasteiger partial charge in [0.1, 0.15) is 0 Å². The quantitative estimate of drug-likeness (QED) is 0.163. The molecule has 0 spiro atoms. The molecule has 6 rings (SSSR count). The van der Waals surface area contributed by atoms with Crippen LogP contribution < -0.4 is 28.1 Å². The van der Waals surface area contributed by atoms with Crippen molar-refractivity contribution in [2.75, 3.05) is 0 Å². The van der Waals surface area contributed by atoms with Crippen LogP contribution >= 0.6 is 0 Å². The molecule has 56 heavy (non-hydrogen) atoms. The number of fused-ring (bicyclic) bond motifs is 3. The average molecular weight is 891 g/mol. The first-order valence-electron chi connectivity index (χ1n) is 18.7. The van der Waals surface area contributed by atoms with Crippen molar-refractivity contribution in [3.8, 4) is 11.1 Å². The number of hydrogen-bond donors (Lipinski definition) is 0. The molecule has 0 nitrogen and oxygen atoms in total. The van der Waals surface area contributed by atoms with Gasteiger partial charge in [-0.1, -0.05) is 0 Å². The van der Waals surface area contributed by atoms with E-state index < -0.39 is 44.7 Å². The molecule has 0 heterocycles. The van der Waals surface area contributed by atoms with E-state index in [4.69, 9.17) is 0 Å². The smallest absolute Gasteiger partial charge is 1.00 e. The standard InChI is InChI=1S/C21H25.C15H8F6.C11H17.2ClH.Zr/c1-20(2,3)16-9-7-14-11-15-8-10-17(21(4,5)6)13-19(15)18(14)12-16;16-14(17,18)12-5-1-3-10(8-12)7-11-4-2-6-13(9-11)15(19,20)21;1-5-9-6-7-10(8-9)11(2,3)4;;;/h7,9-10,12-13H,11H2,1-6H3;1-6,8-9H;7-9H,5H2,1-4H3;2*1H;/q;;;;;+2/p-2. The molecule has 0 fully saturated rings. The fourth-order valence-corrected chi connectivity index (χ4v) is 16.4. The van der Waals surface area contributed by atoms with Crippen molar-refractivity contribution >= 4 is 6.48 Å². The van der Waals surface area contributed by atoms with Gasteiger partial charge in [0.25, 0.3) is 0 Å². The Bertz CT molecular complexity index is 2160. The van der Waals surface area contributed by atoms with E-state index >= 15 is 0 Å². The van der Waals surface area contributed by atoms with Crippen LogP contribution in [0.4, 0.5) is 26.3 Å². The molecular weight excluding hydrogens is 841 g/mol. The summed E-state index contributed by atoms with van der Waals surface area (Å²) in [6.07, 6.45) is -3.27. The Morgan fingerprint density at radius 2 is 1.12 bits per heavy atom. The molecule has 0 saturated carbocycles. The molecule has 4 aromatic rings. The zero-order chi connectivity index (χ0) is 39.8. The van der Waals surface area contributed by atoms with E-state index in [0.29, 0.717) is 20.8 Å². The third kappa shape index (κ3) is 9.26. The van der Waals surface area contributed by atoms with Gasteiger partial charge in [0.2, 0.25) is 0 Å². The van der Waals surface area contributed by atoms with Gasteiger partial charge in [-0.2, -0.15) is 0 Å². The van der Waals surface area contributed by atoms with Gasteiger partial charge in [-0.25, -0.2) is 0 Å². The molecule has 298 valence electrons. The van der Waals surface area contributed by atoms with Crippen LogP contribution in [0.1, 0.15) is 120 Å². The van der Waals surface area contributed by atoms with E-state index in [1.807, 2.05) is 0 Å². The SMILES string of the molecule is CCC1C=C(C(C)(C)C)C=[C]1[Zr+2](=[C](c1cccc(C(F)(F)F)c1)c1cccc(C(F)(F)F)c1)[c]1cc(C(C)(C)C)cc2c1Cc1ccc(C(C)(C)C)cc1-2.[Cl-].[Cl-].